The van der Waals surface area contributed by atoms with Crippen LogP contribution in [0.2, 0.25) is 0 Å². The molecule has 1 unspecified atom stereocenters. The van der Waals surface area contributed by atoms with Gasteiger partial charge in [-0.05, 0) is 31.5 Å². The molecule has 8 heteroatoms. The lowest BCUT2D eigenvalue weighted by atomic mass is 10.1. The van der Waals surface area contributed by atoms with E-state index < -0.39 is 0 Å². The summed E-state index contributed by atoms with van der Waals surface area (Å²) in [5.74, 6) is 0.749. The fraction of sp³-hybridized carbons (Fsp3) is 0.444. The Hall–Kier alpha value is -2.58. The zero-order valence-electron chi connectivity index (χ0n) is 14.5. The van der Waals surface area contributed by atoms with Crippen molar-refractivity contribution in [1.82, 2.24) is 29.4 Å². The second kappa shape index (κ2) is 7.35. The Bertz CT molecular complexity index is 937. The number of para-hydroxylation sites is 1. The van der Waals surface area contributed by atoms with Gasteiger partial charge in [-0.1, -0.05) is 17.3 Å². The first-order chi connectivity index (χ1) is 12.8. The maximum absolute atomic E-state index is 12.9. The number of aliphatic hydroxyl groups is 1. The lowest BCUT2D eigenvalue weighted by molar-refractivity contribution is 0.220. The van der Waals surface area contributed by atoms with Crippen molar-refractivity contribution in [2.45, 2.75) is 32.0 Å². The zero-order valence-corrected chi connectivity index (χ0v) is 14.5. The summed E-state index contributed by atoms with van der Waals surface area (Å²) in [5.41, 5.74) is 0.632. The fourth-order valence-electron chi connectivity index (χ4n) is 3.72. The largest absolute Gasteiger partial charge is 0.395 e. The average Bonchev–Trinajstić information content (AvgIpc) is 3.33. The lowest BCUT2D eigenvalue weighted by Gasteiger charge is -2.26. The molecule has 3 aromatic rings. The van der Waals surface area contributed by atoms with Gasteiger partial charge in [0, 0.05) is 12.7 Å². The molecule has 0 bridgehead atoms. The topological polar surface area (TPSA) is 89.1 Å². The molecule has 1 aliphatic heterocycles. The van der Waals surface area contributed by atoms with Crippen molar-refractivity contribution in [2.75, 3.05) is 19.7 Å². The number of hydrogen-bond acceptors (Lipinski definition) is 6. The van der Waals surface area contributed by atoms with Crippen molar-refractivity contribution < 1.29 is 5.11 Å². The van der Waals surface area contributed by atoms with E-state index in [2.05, 4.69) is 15.2 Å². The summed E-state index contributed by atoms with van der Waals surface area (Å²) < 4.78 is 3.45. The van der Waals surface area contributed by atoms with Gasteiger partial charge in [-0.2, -0.15) is 0 Å². The molecular weight excluding hydrogens is 332 g/mol. The van der Waals surface area contributed by atoms with Crippen LogP contribution in [-0.2, 0) is 13.1 Å². The monoisotopic (exact) mass is 354 g/mol. The van der Waals surface area contributed by atoms with E-state index in [9.17, 15) is 9.90 Å². The van der Waals surface area contributed by atoms with E-state index in [0.717, 1.165) is 38.3 Å². The van der Waals surface area contributed by atoms with Gasteiger partial charge in [0.05, 0.1) is 42.8 Å². The maximum Gasteiger partial charge on any atom is 0.261 e. The van der Waals surface area contributed by atoms with Crippen molar-refractivity contribution in [3.63, 3.8) is 0 Å². The third-order valence-corrected chi connectivity index (χ3v) is 4.96. The first-order valence-electron chi connectivity index (χ1n) is 8.96. The van der Waals surface area contributed by atoms with Crippen LogP contribution in [0.25, 0.3) is 10.9 Å². The summed E-state index contributed by atoms with van der Waals surface area (Å²) in [6, 6.07) is 7.47. The summed E-state index contributed by atoms with van der Waals surface area (Å²) in [4.78, 5) is 20.1. The Morgan fingerprint density at radius 2 is 2.08 bits per heavy atom. The lowest BCUT2D eigenvalue weighted by Crippen LogP contribution is -2.34. The van der Waals surface area contributed by atoms with Crippen molar-refractivity contribution >= 4 is 10.9 Å². The first-order valence-corrected chi connectivity index (χ1v) is 8.96. The molecule has 1 aromatic carbocycles. The van der Waals surface area contributed by atoms with Crippen molar-refractivity contribution in [1.29, 1.82) is 0 Å². The van der Waals surface area contributed by atoms with Crippen LogP contribution in [0.5, 0.6) is 0 Å². The van der Waals surface area contributed by atoms with Crippen molar-refractivity contribution in [2.24, 2.45) is 0 Å². The highest BCUT2D eigenvalue weighted by atomic mass is 16.3. The summed E-state index contributed by atoms with van der Waals surface area (Å²) in [6.45, 7) is 2.70. The second-order valence-electron chi connectivity index (χ2n) is 6.53. The van der Waals surface area contributed by atoms with E-state index in [1.807, 2.05) is 29.1 Å². The van der Waals surface area contributed by atoms with E-state index in [0.29, 0.717) is 10.9 Å². The molecule has 1 N–H and O–H groups in total. The number of fused-ring (bicyclic) bond motifs is 1. The van der Waals surface area contributed by atoms with Gasteiger partial charge in [0.2, 0.25) is 0 Å². The van der Waals surface area contributed by atoms with Crippen LogP contribution in [0.3, 0.4) is 0 Å². The number of aromatic nitrogens is 5. The van der Waals surface area contributed by atoms with Gasteiger partial charge in [0.15, 0.2) is 0 Å². The molecule has 1 saturated heterocycles. The quantitative estimate of drug-likeness (QED) is 0.705. The number of hydrogen-bond donors (Lipinski definition) is 1. The highest BCUT2D eigenvalue weighted by molar-refractivity contribution is 5.77. The average molecular weight is 354 g/mol. The molecule has 1 aliphatic rings. The second-order valence-corrected chi connectivity index (χ2v) is 6.53. The van der Waals surface area contributed by atoms with Gasteiger partial charge in [0.1, 0.15) is 5.82 Å². The Balaban J connectivity index is 1.69. The highest BCUT2D eigenvalue weighted by Gasteiger charge is 2.30. The first kappa shape index (κ1) is 16.9. The number of rotatable bonds is 6. The number of aliphatic hydroxyl groups excluding tert-OH is 1. The van der Waals surface area contributed by atoms with Crippen molar-refractivity contribution in [3.05, 3.63) is 52.8 Å². The van der Waals surface area contributed by atoms with E-state index >= 15 is 0 Å². The Labute approximate surface area is 150 Å². The Kier molecular flexibility index (Phi) is 4.77. The van der Waals surface area contributed by atoms with Crippen LogP contribution in [0.4, 0.5) is 0 Å². The Morgan fingerprint density at radius 1 is 1.19 bits per heavy atom. The van der Waals surface area contributed by atoms with Crippen molar-refractivity contribution in [3.8, 4) is 0 Å². The maximum atomic E-state index is 12.9. The molecule has 0 amide bonds. The number of likely N-dealkylation sites (tertiary alicyclic amines) is 1. The molecule has 0 aliphatic carbocycles. The number of nitrogens with zero attached hydrogens (tertiary/aromatic N) is 6. The molecular formula is C18H22N6O2. The van der Waals surface area contributed by atoms with Gasteiger partial charge in [-0.25, -0.2) is 4.98 Å². The molecule has 0 radical (unpaired) electrons. The van der Waals surface area contributed by atoms with E-state index in [1.165, 1.54) is 0 Å². The SMILES string of the molecule is O=c1c2ccccc2nc(C2CCCN2CCn2ccnn2)n1CCO. The van der Waals surface area contributed by atoms with Gasteiger partial charge in [-0.15, -0.1) is 5.10 Å². The molecule has 0 spiro atoms. The molecule has 1 atom stereocenters. The molecule has 2 aromatic heterocycles. The van der Waals surface area contributed by atoms with E-state index in [4.69, 9.17) is 4.98 Å². The minimum Gasteiger partial charge on any atom is -0.395 e. The van der Waals surface area contributed by atoms with Crippen LogP contribution in [0, 0.1) is 0 Å². The fourth-order valence-corrected chi connectivity index (χ4v) is 3.72. The van der Waals surface area contributed by atoms with Crippen LogP contribution in [-0.4, -0.2) is 54.2 Å². The third kappa shape index (κ3) is 3.13. The van der Waals surface area contributed by atoms with Crippen LogP contribution >= 0.6 is 0 Å². The van der Waals surface area contributed by atoms with Gasteiger partial charge in [0.25, 0.3) is 5.56 Å². The highest BCUT2D eigenvalue weighted by Crippen LogP contribution is 2.30. The molecule has 4 rings (SSSR count). The van der Waals surface area contributed by atoms with Crippen LogP contribution in [0.1, 0.15) is 24.7 Å². The normalized spacial score (nSPS) is 18.0. The smallest absolute Gasteiger partial charge is 0.261 e. The van der Waals surface area contributed by atoms with E-state index in [-0.39, 0.29) is 24.8 Å². The zero-order chi connectivity index (χ0) is 17.9. The van der Waals surface area contributed by atoms with Gasteiger partial charge in [-0.3, -0.25) is 18.9 Å². The third-order valence-electron chi connectivity index (χ3n) is 4.96. The molecule has 1 fully saturated rings. The van der Waals surface area contributed by atoms with Crippen LogP contribution < -0.4 is 5.56 Å². The summed E-state index contributed by atoms with van der Waals surface area (Å²) in [7, 11) is 0. The summed E-state index contributed by atoms with van der Waals surface area (Å²) in [6.07, 6.45) is 5.53. The summed E-state index contributed by atoms with van der Waals surface area (Å²) in [5, 5.41) is 17.9. The predicted molar refractivity (Wildman–Crippen MR) is 96.7 cm³/mol. The predicted octanol–water partition coefficient (Wildman–Crippen LogP) is 0.817. The number of benzene rings is 1. The summed E-state index contributed by atoms with van der Waals surface area (Å²) >= 11 is 0. The molecule has 26 heavy (non-hydrogen) atoms. The minimum atomic E-state index is -0.0847. The van der Waals surface area contributed by atoms with Gasteiger partial charge < -0.3 is 5.11 Å². The molecule has 3 heterocycles. The molecule has 8 nitrogen and oxygen atoms in total. The minimum absolute atomic E-state index is 0.0716. The Morgan fingerprint density at radius 3 is 2.88 bits per heavy atom. The molecule has 0 saturated carbocycles. The van der Waals surface area contributed by atoms with Crippen LogP contribution in [0.15, 0.2) is 41.5 Å². The standard InChI is InChI=1S/C18H22N6O2/c25-13-12-24-17(20-15-5-2-1-4-14(15)18(24)26)16-6-3-8-22(16)10-11-23-9-7-19-21-23/h1-2,4-5,7,9,16,25H,3,6,8,10-13H2. The van der Waals surface area contributed by atoms with E-state index in [1.54, 1.807) is 16.8 Å². The van der Waals surface area contributed by atoms with Gasteiger partial charge >= 0.3 is 0 Å². The molecule has 136 valence electrons.